The van der Waals surface area contributed by atoms with Crippen LogP contribution in [0.4, 0.5) is 23.7 Å². The number of anilines is 1. The second-order valence-corrected chi connectivity index (χ2v) is 11.8. The van der Waals surface area contributed by atoms with Gasteiger partial charge in [-0.3, -0.25) is 14.8 Å². The van der Waals surface area contributed by atoms with Crippen molar-refractivity contribution in [2.45, 2.75) is 70.6 Å². The van der Waals surface area contributed by atoms with E-state index in [0.717, 1.165) is 18.4 Å². The van der Waals surface area contributed by atoms with Crippen LogP contribution in [0.3, 0.4) is 0 Å². The number of nitrogens with one attached hydrogen (secondary N) is 1. The molecule has 3 rings (SSSR count). The molecule has 12 heteroatoms. The monoisotopic (exact) mass is 629 g/mol. The Morgan fingerprint density at radius 1 is 1.11 bits per heavy atom. The molecule has 0 spiro atoms. The van der Waals surface area contributed by atoms with Crippen molar-refractivity contribution in [1.82, 2.24) is 4.90 Å². The number of methoxy groups -OCH3 is 1. The topological polar surface area (TPSA) is 119 Å². The van der Waals surface area contributed by atoms with Gasteiger partial charge < -0.3 is 25.4 Å². The quantitative estimate of drug-likeness (QED) is 0.263. The summed E-state index contributed by atoms with van der Waals surface area (Å²) < 4.78 is 53.1. The Labute approximate surface area is 262 Å². The van der Waals surface area contributed by atoms with E-state index >= 15 is 0 Å². The Morgan fingerprint density at radius 2 is 1.78 bits per heavy atom. The summed E-state index contributed by atoms with van der Waals surface area (Å²) in [6.07, 6.45) is -2.71. The molecule has 0 bridgehead atoms. The third-order valence-corrected chi connectivity index (χ3v) is 7.33. The molecule has 3 N–H and O–H groups in total. The number of carbonyl (C=O) groups is 2. The minimum Gasteiger partial charge on any atom is -0.495 e. The highest BCUT2D eigenvalue weighted by molar-refractivity contribution is 6.01. The molecule has 2 aromatic carbocycles. The van der Waals surface area contributed by atoms with Crippen LogP contribution in [0.1, 0.15) is 62.6 Å². The number of nitrogens with zero attached hydrogens (tertiary/aromatic N) is 3. The number of likely N-dealkylation sites (tertiary alicyclic amines) is 1. The molecule has 1 aliphatic rings. The lowest BCUT2D eigenvalue weighted by molar-refractivity contribution is -0.117. The number of halogens is 3. The van der Waals surface area contributed by atoms with Crippen molar-refractivity contribution in [3.05, 3.63) is 70.9 Å². The number of carbonyl (C=O) groups excluding carboxylic acids is 2. The highest BCUT2D eigenvalue weighted by Crippen LogP contribution is 2.34. The molecular weight excluding hydrogens is 587 g/mol. The van der Waals surface area contributed by atoms with Crippen molar-refractivity contribution in [1.29, 1.82) is 0 Å². The Kier molecular flexibility index (Phi) is 12.2. The normalized spacial score (nSPS) is 15.0. The van der Waals surface area contributed by atoms with E-state index in [2.05, 4.69) is 22.0 Å². The molecule has 45 heavy (non-hydrogen) atoms. The number of rotatable bonds is 12. The lowest BCUT2D eigenvalue weighted by Gasteiger charge is -2.33. The Bertz CT molecular complexity index is 1410. The zero-order valence-electron chi connectivity index (χ0n) is 26.2. The van der Waals surface area contributed by atoms with E-state index in [0.29, 0.717) is 41.9 Å². The molecule has 1 fully saturated rings. The molecule has 0 saturated carbocycles. The van der Waals surface area contributed by atoms with Crippen molar-refractivity contribution in [2.24, 2.45) is 15.7 Å². The van der Waals surface area contributed by atoms with Crippen molar-refractivity contribution >= 4 is 30.1 Å². The minimum atomic E-state index is -4.70. The van der Waals surface area contributed by atoms with Gasteiger partial charge in [0.1, 0.15) is 18.0 Å². The van der Waals surface area contributed by atoms with Crippen molar-refractivity contribution in [2.75, 3.05) is 32.2 Å². The maximum atomic E-state index is 14.0. The van der Waals surface area contributed by atoms with Crippen LogP contribution in [0.15, 0.2) is 64.2 Å². The molecule has 244 valence electrons. The first kappa shape index (κ1) is 35.1. The van der Waals surface area contributed by atoms with E-state index < -0.39 is 23.3 Å². The molecule has 0 aromatic heterocycles. The standard InChI is InChI=1S/C33H42F3N5O4/c1-32(2,3)45-31(43)41-16-14-23(15-17-41)25-11-13-28(29(18-25)44-5)40-21-39-27(26(20-38-4)33(34,35)36)12-10-22-8-6-7-9-24(22)19-30(37)42/h6-9,11,13,18,20,23,40H,4,10,12,14-17,19,21H2,1-3,5H3,(H2,37,42)/b26-20+,39-27-. The summed E-state index contributed by atoms with van der Waals surface area (Å²) in [7, 11) is 1.52. The molecule has 2 aromatic rings. The fraction of sp³-hybridized carbons (Fsp3) is 0.455. The largest absolute Gasteiger partial charge is 0.495 e. The lowest BCUT2D eigenvalue weighted by Crippen LogP contribution is -2.41. The van der Waals surface area contributed by atoms with Crippen LogP contribution < -0.4 is 15.8 Å². The van der Waals surface area contributed by atoms with Gasteiger partial charge in [-0.2, -0.15) is 13.2 Å². The molecule has 1 heterocycles. The fourth-order valence-electron chi connectivity index (χ4n) is 5.17. The Morgan fingerprint density at radius 3 is 2.36 bits per heavy atom. The molecule has 0 unspecified atom stereocenters. The number of aryl methyl sites for hydroxylation is 1. The van der Waals surface area contributed by atoms with E-state index in [4.69, 9.17) is 15.2 Å². The molecule has 0 aliphatic carbocycles. The third kappa shape index (κ3) is 10.6. The van der Waals surface area contributed by atoms with E-state index in [-0.39, 0.29) is 43.7 Å². The van der Waals surface area contributed by atoms with Crippen LogP contribution in [0, 0.1) is 0 Å². The summed E-state index contributed by atoms with van der Waals surface area (Å²) in [5.74, 6) is 0.205. The number of primary amides is 1. The molecule has 1 saturated heterocycles. The predicted octanol–water partition coefficient (Wildman–Crippen LogP) is 6.43. The van der Waals surface area contributed by atoms with Gasteiger partial charge in [0.15, 0.2) is 0 Å². The van der Waals surface area contributed by atoms with Gasteiger partial charge in [0.2, 0.25) is 5.91 Å². The highest BCUT2D eigenvalue weighted by Gasteiger charge is 2.37. The Hall–Kier alpha value is -4.35. The zero-order valence-corrected chi connectivity index (χ0v) is 26.2. The first-order chi connectivity index (χ1) is 21.2. The minimum absolute atomic E-state index is 0.0149. The van der Waals surface area contributed by atoms with Crippen LogP contribution in [-0.4, -0.2) is 68.0 Å². The van der Waals surface area contributed by atoms with Crippen LogP contribution in [0.2, 0.25) is 0 Å². The maximum absolute atomic E-state index is 14.0. The second-order valence-electron chi connectivity index (χ2n) is 11.8. The third-order valence-electron chi connectivity index (χ3n) is 7.33. The second kappa shape index (κ2) is 15.6. The predicted molar refractivity (Wildman–Crippen MR) is 170 cm³/mol. The van der Waals surface area contributed by atoms with Crippen LogP contribution in [0.5, 0.6) is 5.75 Å². The number of allylic oxidation sites excluding steroid dienone is 1. The summed E-state index contributed by atoms with van der Waals surface area (Å²) in [4.78, 5) is 33.3. The molecule has 0 atom stereocenters. The smallest absolute Gasteiger partial charge is 0.419 e. The number of ether oxygens (including phenoxy) is 2. The Balaban J connectivity index is 1.74. The van der Waals surface area contributed by atoms with E-state index in [9.17, 15) is 22.8 Å². The summed E-state index contributed by atoms with van der Waals surface area (Å²) in [5.41, 5.74) is 6.57. The van der Waals surface area contributed by atoms with Gasteiger partial charge >= 0.3 is 12.3 Å². The number of alkyl halides is 3. The molecular formula is C33H42F3N5O4. The van der Waals surface area contributed by atoms with Crippen molar-refractivity contribution in [3.8, 4) is 5.75 Å². The van der Waals surface area contributed by atoms with Gasteiger partial charge in [-0.15, -0.1) is 0 Å². The maximum Gasteiger partial charge on any atom is 0.419 e. The number of amides is 2. The van der Waals surface area contributed by atoms with Crippen LogP contribution in [-0.2, 0) is 22.4 Å². The first-order valence-corrected chi connectivity index (χ1v) is 14.7. The average Bonchev–Trinajstić information content (AvgIpc) is 2.97. The van der Waals surface area contributed by atoms with Crippen molar-refractivity contribution in [3.63, 3.8) is 0 Å². The molecule has 2 amide bonds. The van der Waals surface area contributed by atoms with Gasteiger partial charge in [-0.05, 0) is 87.9 Å². The van der Waals surface area contributed by atoms with E-state index in [1.807, 2.05) is 39.0 Å². The van der Waals surface area contributed by atoms with Gasteiger partial charge in [0, 0.05) is 19.3 Å². The number of piperidine rings is 1. The summed E-state index contributed by atoms with van der Waals surface area (Å²) >= 11 is 0. The van der Waals surface area contributed by atoms with E-state index in [1.54, 1.807) is 29.2 Å². The van der Waals surface area contributed by atoms with Gasteiger partial charge in [-0.25, -0.2) is 4.79 Å². The number of nitrogens with two attached hydrogens (primary N) is 1. The molecule has 0 radical (unpaired) electrons. The summed E-state index contributed by atoms with van der Waals surface area (Å²) in [5, 5.41) is 3.07. The number of benzene rings is 2. The van der Waals surface area contributed by atoms with Crippen LogP contribution >= 0.6 is 0 Å². The lowest BCUT2D eigenvalue weighted by atomic mass is 9.89. The fourth-order valence-corrected chi connectivity index (χ4v) is 5.17. The van der Waals surface area contributed by atoms with E-state index in [1.165, 1.54) is 7.11 Å². The zero-order chi connectivity index (χ0) is 33.2. The summed E-state index contributed by atoms with van der Waals surface area (Å²) in [6, 6.07) is 12.6. The number of hydrogen-bond donors (Lipinski definition) is 2. The van der Waals surface area contributed by atoms with Gasteiger partial charge in [0.05, 0.1) is 30.5 Å². The average molecular weight is 630 g/mol. The SMILES string of the molecule is C=N/C=C(\C(CCc1ccccc1CC(N)=O)=N/CNc1ccc(C2CCN(C(=O)OC(C)(C)C)CC2)cc1OC)C(F)(F)F. The van der Waals surface area contributed by atoms with Gasteiger partial charge in [0.25, 0.3) is 0 Å². The highest BCUT2D eigenvalue weighted by atomic mass is 19.4. The van der Waals surface area contributed by atoms with Crippen molar-refractivity contribution < 1.29 is 32.2 Å². The summed E-state index contributed by atoms with van der Waals surface area (Å²) in [6.45, 7) is 9.69. The van der Waals surface area contributed by atoms with Gasteiger partial charge in [-0.1, -0.05) is 30.3 Å². The number of hydrogen-bond acceptors (Lipinski definition) is 7. The molecule has 9 nitrogen and oxygen atoms in total. The van der Waals surface area contributed by atoms with Crippen LogP contribution in [0.25, 0.3) is 0 Å². The number of aliphatic imine (C=N–C) groups is 2. The first-order valence-electron chi connectivity index (χ1n) is 14.7. The molecule has 1 aliphatic heterocycles.